The normalized spacial score (nSPS) is 24.6. The van der Waals surface area contributed by atoms with Gasteiger partial charge in [0.05, 0.1) is 24.9 Å². The lowest BCUT2D eigenvalue weighted by molar-refractivity contribution is -0.117. The van der Waals surface area contributed by atoms with Crippen molar-refractivity contribution >= 4 is 29.0 Å². The van der Waals surface area contributed by atoms with E-state index in [1.54, 1.807) is 25.3 Å². The summed E-state index contributed by atoms with van der Waals surface area (Å²) in [6.45, 7) is 5.04. The molecule has 3 atom stereocenters. The van der Waals surface area contributed by atoms with Gasteiger partial charge in [0.25, 0.3) is 0 Å². The number of primary amides is 1. The summed E-state index contributed by atoms with van der Waals surface area (Å²) >= 11 is 0. The Bertz CT molecular complexity index is 1130. The summed E-state index contributed by atoms with van der Waals surface area (Å²) in [5.41, 5.74) is 9.72. The van der Waals surface area contributed by atoms with E-state index in [1.807, 2.05) is 17.0 Å². The van der Waals surface area contributed by atoms with Gasteiger partial charge in [-0.25, -0.2) is 9.97 Å². The standard InChI is InChI=1S/C25H29N5O3/c1-14-22(29-25-27-10-7-20(28-25)16-8-11-33-12-9-16)19-13-18(24(26)32)5-6-21(19)30(15(2)31)23(14)17-3-4-17/h5-8,10,13-14,17,22-23H,3-4,9,11-12H2,1-2H3,(H2,26,32)(H,27,28,29)/t14-,22-,23-/m1/s1. The number of nitrogens with zero attached hydrogens (tertiary/aromatic N) is 3. The lowest BCUT2D eigenvalue weighted by atomic mass is 9.79. The number of benzene rings is 1. The number of amides is 2. The number of aromatic nitrogens is 2. The van der Waals surface area contributed by atoms with Crippen molar-refractivity contribution in [1.82, 2.24) is 9.97 Å². The Kier molecular flexibility index (Phi) is 5.62. The van der Waals surface area contributed by atoms with E-state index < -0.39 is 5.91 Å². The Labute approximate surface area is 193 Å². The zero-order valence-electron chi connectivity index (χ0n) is 19.0. The highest BCUT2D eigenvalue weighted by Gasteiger charge is 2.47. The first kappa shape index (κ1) is 21.6. The third kappa shape index (κ3) is 4.11. The van der Waals surface area contributed by atoms with E-state index in [2.05, 4.69) is 23.3 Å². The van der Waals surface area contributed by atoms with Crippen LogP contribution in [0.15, 0.2) is 36.5 Å². The van der Waals surface area contributed by atoms with E-state index in [1.165, 1.54) is 0 Å². The topological polar surface area (TPSA) is 110 Å². The molecule has 0 unspecified atom stereocenters. The Balaban J connectivity index is 1.55. The SMILES string of the molecule is CC(=O)N1c2ccc(C(N)=O)cc2[C@H](Nc2nccc(C3=CCOCC3)n2)[C@@H](C)[C@@H]1C1CC1. The van der Waals surface area contributed by atoms with Crippen molar-refractivity contribution in [3.05, 3.63) is 53.4 Å². The fraction of sp³-hybridized carbons (Fsp3) is 0.440. The average molecular weight is 448 g/mol. The molecule has 8 nitrogen and oxygen atoms in total. The van der Waals surface area contributed by atoms with Gasteiger partial charge in [0, 0.05) is 36.3 Å². The Morgan fingerprint density at radius 1 is 1.24 bits per heavy atom. The number of carbonyl (C=O) groups excluding carboxylic acids is 2. The van der Waals surface area contributed by atoms with Crippen LogP contribution in [0.2, 0.25) is 0 Å². The summed E-state index contributed by atoms with van der Waals surface area (Å²) in [6.07, 6.45) is 6.86. The van der Waals surface area contributed by atoms with Crippen LogP contribution in [0.1, 0.15) is 60.8 Å². The first-order valence-corrected chi connectivity index (χ1v) is 11.5. The number of ether oxygens (including phenoxy) is 1. The van der Waals surface area contributed by atoms with Gasteiger partial charge in [-0.2, -0.15) is 0 Å². The molecule has 2 aliphatic heterocycles. The maximum atomic E-state index is 12.7. The minimum atomic E-state index is -0.493. The summed E-state index contributed by atoms with van der Waals surface area (Å²) < 4.78 is 5.42. The molecule has 0 spiro atoms. The molecule has 0 saturated heterocycles. The zero-order chi connectivity index (χ0) is 23.1. The highest BCUT2D eigenvalue weighted by Crippen LogP contribution is 2.50. The van der Waals surface area contributed by atoms with Gasteiger partial charge in [0.2, 0.25) is 17.8 Å². The van der Waals surface area contributed by atoms with Crippen LogP contribution in [0.4, 0.5) is 11.6 Å². The molecule has 172 valence electrons. The maximum absolute atomic E-state index is 12.7. The van der Waals surface area contributed by atoms with Gasteiger partial charge in [-0.05, 0) is 60.6 Å². The minimum Gasteiger partial charge on any atom is -0.377 e. The molecule has 0 bridgehead atoms. The summed E-state index contributed by atoms with van der Waals surface area (Å²) in [5, 5.41) is 3.53. The molecule has 33 heavy (non-hydrogen) atoms. The molecule has 1 aliphatic carbocycles. The average Bonchev–Trinajstić information content (AvgIpc) is 3.66. The van der Waals surface area contributed by atoms with E-state index in [0.29, 0.717) is 30.6 Å². The molecule has 3 N–H and O–H groups in total. The number of fused-ring (bicyclic) bond motifs is 1. The largest absolute Gasteiger partial charge is 0.377 e. The molecular formula is C25H29N5O3. The monoisotopic (exact) mass is 447 g/mol. The number of carbonyl (C=O) groups is 2. The fourth-order valence-electron chi connectivity index (χ4n) is 5.22. The maximum Gasteiger partial charge on any atom is 0.248 e. The van der Waals surface area contributed by atoms with Crippen molar-refractivity contribution in [2.24, 2.45) is 17.6 Å². The molecule has 1 fully saturated rings. The van der Waals surface area contributed by atoms with Crippen molar-refractivity contribution in [3.8, 4) is 0 Å². The second kappa shape index (κ2) is 8.59. The van der Waals surface area contributed by atoms with E-state index in [-0.39, 0.29) is 23.9 Å². The second-order valence-electron chi connectivity index (χ2n) is 9.16. The smallest absolute Gasteiger partial charge is 0.248 e. The van der Waals surface area contributed by atoms with Crippen LogP contribution in [0.3, 0.4) is 0 Å². The number of rotatable bonds is 5. The van der Waals surface area contributed by atoms with Gasteiger partial charge in [-0.3, -0.25) is 9.59 Å². The molecule has 1 saturated carbocycles. The third-order valence-corrected chi connectivity index (χ3v) is 6.95. The molecule has 0 radical (unpaired) electrons. The molecule has 1 aromatic heterocycles. The van der Waals surface area contributed by atoms with Crippen LogP contribution < -0.4 is 16.0 Å². The molecular weight excluding hydrogens is 418 g/mol. The van der Waals surface area contributed by atoms with Gasteiger partial charge in [0.1, 0.15) is 0 Å². The number of anilines is 2. The van der Waals surface area contributed by atoms with Crippen LogP contribution in [0, 0.1) is 11.8 Å². The van der Waals surface area contributed by atoms with Crippen LogP contribution in [0.5, 0.6) is 0 Å². The molecule has 3 aliphatic rings. The van der Waals surface area contributed by atoms with Gasteiger partial charge in [-0.15, -0.1) is 0 Å². The minimum absolute atomic E-state index is 0.00924. The van der Waals surface area contributed by atoms with Crippen LogP contribution in [-0.4, -0.2) is 41.0 Å². The molecule has 3 heterocycles. The van der Waals surface area contributed by atoms with E-state index in [0.717, 1.165) is 41.8 Å². The van der Waals surface area contributed by atoms with E-state index >= 15 is 0 Å². The number of nitrogens with one attached hydrogen (secondary N) is 1. The summed E-state index contributed by atoms with van der Waals surface area (Å²) in [6, 6.07) is 7.17. The predicted molar refractivity (Wildman–Crippen MR) is 126 cm³/mol. The third-order valence-electron chi connectivity index (χ3n) is 6.95. The predicted octanol–water partition coefficient (Wildman–Crippen LogP) is 3.31. The molecule has 8 heteroatoms. The van der Waals surface area contributed by atoms with Crippen LogP contribution >= 0.6 is 0 Å². The lowest BCUT2D eigenvalue weighted by Gasteiger charge is -2.45. The summed E-state index contributed by atoms with van der Waals surface area (Å²) in [7, 11) is 0. The summed E-state index contributed by atoms with van der Waals surface area (Å²) in [4.78, 5) is 35.8. The number of hydrogen-bond donors (Lipinski definition) is 2. The molecule has 2 amide bonds. The van der Waals surface area contributed by atoms with Crippen molar-refractivity contribution < 1.29 is 14.3 Å². The lowest BCUT2D eigenvalue weighted by Crippen LogP contribution is -2.51. The Morgan fingerprint density at radius 3 is 2.73 bits per heavy atom. The van der Waals surface area contributed by atoms with Crippen molar-refractivity contribution in [2.45, 2.75) is 45.2 Å². The van der Waals surface area contributed by atoms with E-state index in [9.17, 15) is 9.59 Å². The zero-order valence-corrected chi connectivity index (χ0v) is 19.0. The van der Waals surface area contributed by atoms with Gasteiger partial charge >= 0.3 is 0 Å². The quantitative estimate of drug-likeness (QED) is 0.728. The first-order valence-electron chi connectivity index (χ1n) is 11.5. The molecule has 5 rings (SSSR count). The van der Waals surface area contributed by atoms with E-state index in [4.69, 9.17) is 15.5 Å². The molecule has 2 aromatic rings. The fourth-order valence-corrected chi connectivity index (χ4v) is 5.22. The van der Waals surface area contributed by atoms with Gasteiger partial charge in [0.15, 0.2) is 0 Å². The van der Waals surface area contributed by atoms with Crippen LogP contribution in [0.25, 0.3) is 5.57 Å². The Hall–Kier alpha value is -3.26. The van der Waals surface area contributed by atoms with Gasteiger partial charge in [-0.1, -0.05) is 13.0 Å². The highest BCUT2D eigenvalue weighted by atomic mass is 16.5. The first-order chi connectivity index (χ1) is 15.9. The highest BCUT2D eigenvalue weighted by molar-refractivity contribution is 5.97. The van der Waals surface area contributed by atoms with Crippen molar-refractivity contribution in [2.75, 3.05) is 23.4 Å². The van der Waals surface area contributed by atoms with Gasteiger partial charge < -0.3 is 20.7 Å². The Morgan fingerprint density at radius 2 is 2.06 bits per heavy atom. The number of nitrogens with two attached hydrogens (primary N) is 1. The van der Waals surface area contributed by atoms with Crippen molar-refractivity contribution in [3.63, 3.8) is 0 Å². The number of hydrogen-bond acceptors (Lipinski definition) is 6. The van der Waals surface area contributed by atoms with Crippen LogP contribution in [-0.2, 0) is 9.53 Å². The summed E-state index contributed by atoms with van der Waals surface area (Å²) in [5.74, 6) is 0.601. The molecule has 1 aromatic carbocycles. The second-order valence-corrected chi connectivity index (χ2v) is 9.16. The van der Waals surface area contributed by atoms with Crippen molar-refractivity contribution in [1.29, 1.82) is 0 Å².